The normalized spacial score (nSPS) is 10.7. The van der Waals surface area contributed by atoms with E-state index in [9.17, 15) is 10.1 Å². The van der Waals surface area contributed by atoms with Crippen molar-refractivity contribution in [2.75, 3.05) is 25.6 Å². The monoisotopic (exact) mass is 468 g/mol. The summed E-state index contributed by atoms with van der Waals surface area (Å²) in [6.07, 6.45) is 4.09. The number of hydrogen-bond donors (Lipinski definition) is 1. The Balaban J connectivity index is 1.64. The molecular formula is C29H28N2O4. The Morgan fingerprint density at radius 1 is 1.00 bits per heavy atom. The topological polar surface area (TPSA) is 80.6 Å². The van der Waals surface area contributed by atoms with Gasteiger partial charge in [-0.15, -0.1) is 6.58 Å². The summed E-state index contributed by atoms with van der Waals surface area (Å²) in [5.74, 6) is 1.32. The second kappa shape index (κ2) is 12.7. The van der Waals surface area contributed by atoms with Crippen molar-refractivity contribution in [3.05, 3.63) is 102 Å². The molecule has 0 saturated carbocycles. The van der Waals surface area contributed by atoms with Crippen LogP contribution in [0.2, 0.25) is 0 Å². The third kappa shape index (κ3) is 7.24. The number of benzene rings is 3. The first-order valence-corrected chi connectivity index (χ1v) is 11.2. The van der Waals surface area contributed by atoms with E-state index in [1.807, 2.05) is 61.5 Å². The summed E-state index contributed by atoms with van der Waals surface area (Å²) in [5, 5.41) is 12.3. The molecule has 0 aromatic heterocycles. The van der Waals surface area contributed by atoms with Gasteiger partial charge in [-0.3, -0.25) is 4.79 Å². The number of para-hydroxylation sites is 1. The van der Waals surface area contributed by atoms with Gasteiger partial charge in [0.2, 0.25) is 0 Å². The van der Waals surface area contributed by atoms with Gasteiger partial charge in [-0.05, 0) is 55.3 Å². The number of nitrogens with zero attached hydrogens (tertiary/aromatic N) is 1. The molecular weight excluding hydrogens is 440 g/mol. The fourth-order valence-corrected chi connectivity index (χ4v) is 3.30. The average molecular weight is 469 g/mol. The van der Waals surface area contributed by atoms with E-state index < -0.39 is 5.91 Å². The van der Waals surface area contributed by atoms with Crippen LogP contribution in [-0.2, 0) is 11.2 Å². The molecule has 178 valence electrons. The molecule has 0 bridgehead atoms. The van der Waals surface area contributed by atoms with Gasteiger partial charge in [-0.1, -0.05) is 48.0 Å². The van der Waals surface area contributed by atoms with Crippen LogP contribution >= 0.6 is 0 Å². The molecule has 1 N–H and O–H groups in total. The number of nitriles is 1. The summed E-state index contributed by atoms with van der Waals surface area (Å²) in [7, 11) is 1.60. The molecule has 0 aliphatic rings. The summed E-state index contributed by atoms with van der Waals surface area (Å²) in [4.78, 5) is 12.6. The average Bonchev–Trinajstić information content (AvgIpc) is 2.87. The first kappa shape index (κ1) is 25.1. The SMILES string of the molecule is C=CCc1ccc(OCCOc2ccccc2C=C(C#N)C(=O)Nc2ccc(C)cc2)c(OC)c1. The van der Waals surface area contributed by atoms with Crippen molar-refractivity contribution in [2.45, 2.75) is 13.3 Å². The lowest BCUT2D eigenvalue weighted by Crippen LogP contribution is -2.13. The van der Waals surface area contributed by atoms with E-state index in [1.54, 1.807) is 31.4 Å². The second-order valence-electron chi connectivity index (χ2n) is 7.70. The largest absolute Gasteiger partial charge is 0.493 e. The van der Waals surface area contributed by atoms with Gasteiger partial charge in [-0.25, -0.2) is 0 Å². The molecule has 0 fully saturated rings. The molecule has 1 amide bonds. The smallest absolute Gasteiger partial charge is 0.266 e. The van der Waals surface area contributed by atoms with Gasteiger partial charge >= 0.3 is 0 Å². The molecule has 35 heavy (non-hydrogen) atoms. The van der Waals surface area contributed by atoms with E-state index in [2.05, 4.69) is 11.9 Å². The lowest BCUT2D eigenvalue weighted by molar-refractivity contribution is -0.112. The molecule has 0 spiro atoms. The van der Waals surface area contributed by atoms with Gasteiger partial charge in [-0.2, -0.15) is 5.26 Å². The molecule has 0 atom stereocenters. The van der Waals surface area contributed by atoms with Crippen LogP contribution in [-0.4, -0.2) is 26.2 Å². The highest BCUT2D eigenvalue weighted by Crippen LogP contribution is 2.28. The maximum Gasteiger partial charge on any atom is 0.266 e. The van der Waals surface area contributed by atoms with Crippen molar-refractivity contribution in [1.29, 1.82) is 5.26 Å². The zero-order chi connectivity index (χ0) is 25.0. The number of ether oxygens (including phenoxy) is 3. The number of rotatable bonds is 11. The van der Waals surface area contributed by atoms with Crippen molar-refractivity contribution in [3.63, 3.8) is 0 Å². The minimum absolute atomic E-state index is 0.0257. The van der Waals surface area contributed by atoms with Gasteiger partial charge < -0.3 is 19.5 Å². The molecule has 0 aliphatic carbocycles. The Morgan fingerprint density at radius 2 is 1.71 bits per heavy atom. The summed E-state index contributed by atoms with van der Waals surface area (Å²) < 4.78 is 17.1. The Morgan fingerprint density at radius 3 is 2.40 bits per heavy atom. The zero-order valence-electron chi connectivity index (χ0n) is 19.9. The highest BCUT2D eigenvalue weighted by Gasteiger charge is 2.12. The summed E-state index contributed by atoms with van der Waals surface area (Å²) in [5.41, 5.74) is 3.38. The lowest BCUT2D eigenvalue weighted by atomic mass is 10.1. The van der Waals surface area contributed by atoms with Crippen LogP contribution in [0.3, 0.4) is 0 Å². The summed E-state index contributed by atoms with van der Waals surface area (Å²) >= 11 is 0. The Hall–Kier alpha value is -4.50. The fourth-order valence-electron chi connectivity index (χ4n) is 3.30. The van der Waals surface area contributed by atoms with Gasteiger partial charge in [0.05, 0.1) is 7.11 Å². The number of carbonyl (C=O) groups excluding carboxylic acids is 1. The summed E-state index contributed by atoms with van der Waals surface area (Å²) in [6, 6.07) is 22.3. The van der Waals surface area contributed by atoms with Crippen molar-refractivity contribution in [1.82, 2.24) is 0 Å². The van der Waals surface area contributed by atoms with E-state index in [0.29, 0.717) is 28.5 Å². The third-order valence-electron chi connectivity index (χ3n) is 5.10. The van der Waals surface area contributed by atoms with Gasteiger partial charge in [0.25, 0.3) is 5.91 Å². The fraction of sp³-hybridized carbons (Fsp3) is 0.172. The minimum atomic E-state index is -0.485. The number of aryl methyl sites for hydroxylation is 1. The number of anilines is 1. The Bertz CT molecular complexity index is 1240. The molecule has 3 aromatic carbocycles. The number of amides is 1. The van der Waals surface area contributed by atoms with Gasteiger partial charge in [0.1, 0.15) is 30.6 Å². The molecule has 3 aromatic rings. The molecule has 0 heterocycles. The summed E-state index contributed by atoms with van der Waals surface area (Å²) in [6.45, 7) is 6.26. The first-order chi connectivity index (χ1) is 17.0. The van der Waals surface area contributed by atoms with E-state index in [4.69, 9.17) is 14.2 Å². The standard InChI is InChI=1S/C29H28N2O4/c1-4-7-22-12-15-27(28(18-22)33-3)35-17-16-34-26-9-6-5-8-23(26)19-24(20-30)29(32)31-25-13-10-21(2)11-14-25/h4-6,8-15,18-19H,1,7,16-17H2,2-3H3,(H,31,32). The quantitative estimate of drug-likeness (QED) is 0.168. The zero-order valence-corrected chi connectivity index (χ0v) is 19.9. The van der Waals surface area contributed by atoms with E-state index in [1.165, 1.54) is 6.08 Å². The van der Waals surface area contributed by atoms with Crippen LogP contribution in [0.25, 0.3) is 6.08 Å². The molecule has 0 unspecified atom stereocenters. The molecule has 6 heteroatoms. The van der Waals surface area contributed by atoms with Crippen molar-refractivity contribution in [3.8, 4) is 23.3 Å². The first-order valence-electron chi connectivity index (χ1n) is 11.2. The molecule has 6 nitrogen and oxygen atoms in total. The van der Waals surface area contributed by atoms with Crippen LogP contribution in [0.5, 0.6) is 17.2 Å². The maximum atomic E-state index is 12.6. The third-order valence-corrected chi connectivity index (χ3v) is 5.10. The predicted octanol–water partition coefficient (Wildman–Crippen LogP) is 5.74. The molecule has 0 aliphatic heterocycles. The number of carbonyl (C=O) groups is 1. The van der Waals surface area contributed by atoms with Crippen LogP contribution < -0.4 is 19.5 Å². The van der Waals surface area contributed by atoms with Gasteiger partial charge in [0.15, 0.2) is 11.5 Å². The maximum absolute atomic E-state index is 12.6. The highest BCUT2D eigenvalue weighted by atomic mass is 16.5. The number of allylic oxidation sites excluding steroid dienone is 1. The number of methoxy groups -OCH3 is 1. The number of hydrogen-bond acceptors (Lipinski definition) is 5. The van der Waals surface area contributed by atoms with Crippen LogP contribution in [0.4, 0.5) is 5.69 Å². The van der Waals surface area contributed by atoms with E-state index >= 15 is 0 Å². The van der Waals surface area contributed by atoms with Crippen LogP contribution in [0.15, 0.2) is 85.0 Å². The molecule has 0 radical (unpaired) electrons. The van der Waals surface area contributed by atoms with Crippen molar-refractivity contribution < 1.29 is 19.0 Å². The van der Waals surface area contributed by atoms with Crippen LogP contribution in [0, 0.1) is 18.3 Å². The lowest BCUT2D eigenvalue weighted by Gasteiger charge is -2.13. The van der Waals surface area contributed by atoms with Crippen LogP contribution in [0.1, 0.15) is 16.7 Å². The molecule has 0 saturated heterocycles. The van der Waals surface area contributed by atoms with Gasteiger partial charge in [0, 0.05) is 11.3 Å². The van der Waals surface area contributed by atoms with E-state index in [-0.39, 0.29) is 18.8 Å². The Kier molecular flexibility index (Phi) is 9.09. The number of nitrogens with one attached hydrogen (secondary N) is 1. The van der Waals surface area contributed by atoms with E-state index in [0.717, 1.165) is 17.5 Å². The van der Waals surface area contributed by atoms with Crippen molar-refractivity contribution >= 4 is 17.7 Å². The minimum Gasteiger partial charge on any atom is -0.493 e. The Labute approximate surface area is 206 Å². The van der Waals surface area contributed by atoms with Crippen molar-refractivity contribution in [2.24, 2.45) is 0 Å². The molecule has 3 rings (SSSR count). The second-order valence-corrected chi connectivity index (χ2v) is 7.70. The predicted molar refractivity (Wildman–Crippen MR) is 138 cm³/mol. The highest BCUT2D eigenvalue weighted by molar-refractivity contribution is 6.09.